The zero-order chi connectivity index (χ0) is 35.5. The normalized spacial score (nSPS) is 10.6. The van der Waals surface area contributed by atoms with Crippen molar-refractivity contribution in [2.24, 2.45) is 4.99 Å². The zero-order valence-electron chi connectivity index (χ0n) is 26.8. The fourth-order valence-electron chi connectivity index (χ4n) is 4.12. The van der Waals surface area contributed by atoms with Crippen LogP contribution in [0.25, 0.3) is 0 Å². The lowest BCUT2D eigenvalue weighted by Gasteiger charge is -2.10. The van der Waals surface area contributed by atoms with Crippen LogP contribution in [0.15, 0.2) is 70.1 Å². The number of pyridine rings is 2. The Bertz CT molecular complexity index is 1870. The van der Waals surface area contributed by atoms with E-state index in [1.807, 2.05) is 0 Å². The van der Waals surface area contributed by atoms with Gasteiger partial charge in [-0.1, -0.05) is 0 Å². The minimum absolute atomic E-state index is 0.0830. The van der Waals surface area contributed by atoms with Gasteiger partial charge in [0.1, 0.15) is 42.2 Å². The quantitative estimate of drug-likeness (QED) is 0.123. The third-order valence-electron chi connectivity index (χ3n) is 6.00. The highest BCUT2D eigenvalue weighted by atomic mass is 16.5. The molecular formula is C33H31N7O9. The lowest BCUT2D eigenvalue weighted by Crippen LogP contribution is -2.13. The highest BCUT2D eigenvalue weighted by Crippen LogP contribution is 2.20. The Morgan fingerprint density at radius 3 is 1.49 bits per heavy atom. The van der Waals surface area contributed by atoms with E-state index in [1.54, 1.807) is 12.1 Å². The van der Waals surface area contributed by atoms with E-state index in [9.17, 15) is 28.8 Å². The first-order valence-corrected chi connectivity index (χ1v) is 14.5. The average molecular weight is 670 g/mol. The van der Waals surface area contributed by atoms with Gasteiger partial charge in [-0.3, -0.25) is 24.2 Å². The van der Waals surface area contributed by atoms with Crippen LogP contribution < -0.4 is 21.3 Å². The third-order valence-corrected chi connectivity index (χ3v) is 6.00. The summed E-state index contributed by atoms with van der Waals surface area (Å²) in [4.78, 5) is 83.6. The fraction of sp³-hybridized carbons (Fsp3) is 0.182. The van der Waals surface area contributed by atoms with E-state index in [1.165, 1.54) is 82.4 Å². The summed E-state index contributed by atoms with van der Waals surface area (Å²) in [5.74, 6) is -1.92. The molecule has 0 radical (unpaired) electrons. The van der Waals surface area contributed by atoms with Crippen LogP contribution in [-0.2, 0) is 41.9 Å². The Balaban J connectivity index is 1.33. The maximum absolute atomic E-state index is 12.7. The zero-order valence-corrected chi connectivity index (χ0v) is 26.8. The van der Waals surface area contributed by atoms with Crippen molar-refractivity contribution in [3.05, 3.63) is 88.9 Å². The van der Waals surface area contributed by atoms with Crippen LogP contribution in [0.3, 0.4) is 0 Å². The Hall–Kier alpha value is -6.71. The van der Waals surface area contributed by atoms with Crippen molar-refractivity contribution in [2.45, 2.75) is 40.9 Å². The van der Waals surface area contributed by atoms with Crippen LogP contribution in [0.4, 0.5) is 29.0 Å². The summed E-state index contributed by atoms with van der Waals surface area (Å²) in [7, 11) is 0. The highest BCUT2D eigenvalue weighted by Gasteiger charge is 2.15. The molecule has 4 N–H and O–H groups in total. The molecule has 0 aliphatic rings. The lowest BCUT2D eigenvalue weighted by molar-refractivity contribution is -0.115. The lowest BCUT2D eigenvalue weighted by atomic mass is 10.2. The predicted molar refractivity (Wildman–Crippen MR) is 176 cm³/mol. The van der Waals surface area contributed by atoms with Gasteiger partial charge in [0, 0.05) is 27.7 Å². The number of amides is 4. The predicted octanol–water partition coefficient (Wildman–Crippen LogP) is 4.37. The Labute approximate surface area is 279 Å². The van der Waals surface area contributed by atoms with Crippen LogP contribution in [0.5, 0.6) is 0 Å². The molecule has 1 aromatic carbocycles. The molecule has 16 heteroatoms. The molecule has 3 aromatic heterocycles. The molecule has 4 aromatic rings. The molecule has 0 aliphatic carbocycles. The smallest absolute Gasteiger partial charge is 0.374 e. The molecule has 4 amide bonds. The molecule has 49 heavy (non-hydrogen) atoms. The van der Waals surface area contributed by atoms with Gasteiger partial charge in [-0.2, -0.15) is 0 Å². The maximum atomic E-state index is 12.7. The number of nitrogens with zero attached hydrogens (tertiary/aromatic N) is 3. The number of furan rings is 1. The van der Waals surface area contributed by atoms with Crippen LogP contribution >= 0.6 is 0 Å². The summed E-state index contributed by atoms with van der Waals surface area (Å²) in [5.41, 5.74) is 1.68. The van der Waals surface area contributed by atoms with Gasteiger partial charge in [-0.15, -0.1) is 0 Å². The van der Waals surface area contributed by atoms with Gasteiger partial charge in [0.25, 0.3) is 0 Å². The summed E-state index contributed by atoms with van der Waals surface area (Å²) in [6.45, 7) is 4.90. The number of carbonyl (C=O) groups excluding carboxylic acids is 6. The van der Waals surface area contributed by atoms with Gasteiger partial charge in [0.15, 0.2) is 0 Å². The van der Waals surface area contributed by atoms with E-state index >= 15 is 0 Å². The largest absolute Gasteiger partial charge is 0.457 e. The van der Waals surface area contributed by atoms with E-state index in [2.05, 4.69) is 36.2 Å². The van der Waals surface area contributed by atoms with Crippen molar-refractivity contribution in [2.75, 3.05) is 21.3 Å². The number of ether oxygens (including phenoxy) is 2. The molecular weight excluding hydrogens is 638 g/mol. The topological polar surface area (TPSA) is 220 Å². The number of hydrogen-bond donors (Lipinski definition) is 4. The molecule has 0 saturated carbocycles. The van der Waals surface area contributed by atoms with Crippen molar-refractivity contribution < 1.29 is 42.7 Å². The molecule has 252 valence electrons. The van der Waals surface area contributed by atoms with Gasteiger partial charge in [0.2, 0.25) is 29.4 Å². The second kappa shape index (κ2) is 16.2. The molecule has 0 bridgehead atoms. The highest BCUT2D eigenvalue weighted by molar-refractivity contribution is 5.92. The number of benzene rings is 1. The summed E-state index contributed by atoms with van der Waals surface area (Å²) in [6, 6.07) is 15.2. The van der Waals surface area contributed by atoms with E-state index in [0.717, 1.165) is 0 Å². The number of aromatic nitrogens is 2. The summed E-state index contributed by atoms with van der Waals surface area (Å²) in [6.07, 6.45) is 1.38. The van der Waals surface area contributed by atoms with E-state index < -0.39 is 11.9 Å². The number of anilines is 4. The molecule has 0 fully saturated rings. The minimum atomic E-state index is -0.758. The van der Waals surface area contributed by atoms with Crippen LogP contribution in [0.2, 0.25) is 0 Å². The van der Waals surface area contributed by atoms with Crippen molar-refractivity contribution in [1.82, 2.24) is 9.97 Å². The molecule has 3 heterocycles. The Morgan fingerprint density at radius 1 is 0.633 bits per heavy atom. The van der Waals surface area contributed by atoms with Gasteiger partial charge < -0.3 is 35.2 Å². The maximum Gasteiger partial charge on any atom is 0.374 e. The number of hydrogen-bond acceptors (Lipinski definition) is 12. The van der Waals surface area contributed by atoms with E-state index in [-0.39, 0.29) is 77.2 Å². The van der Waals surface area contributed by atoms with Crippen molar-refractivity contribution in [3.63, 3.8) is 0 Å². The van der Waals surface area contributed by atoms with Crippen molar-refractivity contribution in [1.29, 1.82) is 0 Å². The third kappa shape index (κ3) is 11.2. The number of aliphatic imine (C=N–C) groups is 1. The van der Waals surface area contributed by atoms with Gasteiger partial charge in [-0.25, -0.2) is 19.6 Å². The fourth-order valence-corrected chi connectivity index (χ4v) is 4.12. The second-order valence-electron chi connectivity index (χ2n) is 10.4. The Kier molecular flexibility index (Phi) is 11.6. The SMILES string of the molecule is CC(=O)Nc1cc(COC(=O)c2ccc(/N=C/c3ccc(C(=O)OCc4cc(NC(C)=O)nc(NC(C)=O)c4)o3)cc2)cc(NC(C)=O)n1. The first-order valence-electron chi connectivity index (χ1n) is 14.5. The number of rotatable bonds is 12. The van der Waals surface area contributed by atoms with Crippen molar-refractivity contribution in [3.8, 4) is 0 Å². The first-order chi connectivity index (χ1) is 23.3. The van der Waals surface area contributed by atoms with Gasteiger partial charge in [-0.05, 0) is 71.8 Å². The van der Waals surface area contributed by atoms with Gasteiger partial charge in [0.05, 0.1) is 17.5 Å². The molecule has 0 unspecified atom stereocenters. The monoisotopic (exact) mass is 669 g/mol. The first kappa shape index (κ1) is 35.1. The van der Waals surface area contributed by atoms with Crippen LogP contribution in [-0.4, -0.2) is 51.7 Å². The molecule has 4 rings (SSSR count). The second-order valence-corrected chi connectivity index (χ2v) is 10.4. The standard InChI is InChI=1S/C33H31N7O9/c1-18(41)35-28-11-22(12-29(39-28)36-19(2)42)16-47-32(45)24-5-7-25(8-6-24)34-15-26-9-10-27(49-26)33(46)48-17-23-13-30(37-20(3)43)40-31(14-23)38-21(4)44/h5-15H,16-17H2,1-4H3,(H2,35,36,39,41,42)(H2,37,38,40,43,44)/b34-15+. The Morgan fingerprint density at radius 2 is 1.06 bits per heavy atom. The van der Waals surface area contributed by atoms with Crippen molar-refractivity contribution >= 4 is 70.7 Å². The molecule has 16 nitrogen and oxygen atoms in total. The van der Waals surface area contributed by atoms with E-state index in [0.29, 0.717) is 16.8 Å². The minimum Gasteiger partial charge on any atom is -0.457 e. The average Bonchev–Trinajstić information content (AvgIpc) is 3.49. The molecule has 0 aliphatic heterocycles. The number of carbonyl (C=O) groups is 6. The molecule has 0 atom stereocenters. The van der Waals surface area contributed by atoms with E-state index in [4.69, 9.17) is 13.9 Å². The molecule has 0 spiro atoms. The molecule has 0 saturated heterocycles. The number of nitrogens with one attached hydrogen (secondary N) is 4. The summed E-state index contributed by atoms with van der Waals surface area (Å²) >= 11 is 0. The van der Waals surface area contributed by atoms with Crippen LogP contribution in [0.1, 0.15) is 65.5 Å². The van der Waals surface area contributed by atoms with Crippen LogP contribution in [0, 0.1) is 0 Å². The van der Waals surface area contributed by atoms with Gasteiger partial charge >= 0.3 is 11.9 Å². The summed E-state index contributed by atoms with van der Waals surface area (Å²) < 4.78 is 16.2. The summed E-state index contributed by atoms with van der Waals surface area (Å²) in [5, 5.41) is 10.1. The number of esters is 2.